The van der Waals surface area contributed by atoms with Gasteiger partial charge in [0.15, 0.2) is 0 Å². The lowest BCUT2D eigenvalue weighted by Crippen LogP contribution is -2.48. The fourth-order valence-corrected chi connectivity index (χ4v) is 3.99. The van der Waals surface area contributed by atoms with Gasteiger partial charge in [0, 0.05) is 43.1 Å². The van der Waals surface area contributed by atoms with Crippen molar-refractivity contribution in [1.29, 1.82) is 0 Å². The fourth-order valence-electron chi connectivity index (χ4n) is 3.99. The van der Waals surface area contributed by atoms with Crippen LogP contribution < -0.4 is 4.90 Å². The topological polar surface area (TPSA) is 41.4 Å². The van der Waals surface area contributed by atoms with Gasteiger partial charge in [-0.05, 0) is 55.8 Å². The maximum Gasteiger partial charge on any atom is 0.416 e. The first kappa shape index (κ1) is 21.9. The molecular weight excluding hydrogens is 417 g/mol. The summed E-state index contributed by atoms with van der Waals surface area (Å²) in [5.41, 5.74) is 3.59. The zero-order valence-electron chi connectivity index (χ0n) is 18.1. The van der Waals surface area contributed by atoms with Gasteiger partial charge in [0.2, 0.25) is 0 Å². The highest BCUT2D eigenvalue weighted by atomic mass is 19.4. The second kappa shape index (κ2) is 8.68. The number of hydrogen-bond acceptors (Lipinski definition) is 3. The number of carbonyl (C=O) groups is 1. The summed E-state index contributed by atoms with van der Waals surface area (Å²) < 4.78 is 40.9. The molecule has 32 heavy (non-hydrogen) atoms. The fraction of sp³-hybridized carbons (Fsp3) is 0.333. The van der Waals surface area contributed by atoms with E-state index in [2.05, 4.69) is 5.10 Å². The number of halogens is 3. The molecule has 0 radical (unpaired) electrons. The Labute approximate surface area is 185 Å². The summed E-state index contributed by atoms with van der Waals surface area (Å²) >= 11 is 0. The smallest absolute Gasteiger partial charge is 0.368 e. The van der Waals surface area contributed by atoms with E-state index in [0.717, 1.165) is 23.0 Å². The molecule has 4 rings (SSSR count). The van der Waals surface area contributed by atoms with Gasteiger partial charge in [-0.1, -0.05) is 18.2 Å². The maximum absolute atomic E-state index is 13.0. The van der Waals surface area contributed by atoms with Crippen LogP contribution in [0.4, 0.5) is 18.9 Å². The monoisotopic (exact) mass is 442 g/mol. The van der Waals surface area contributed by atoms with Crippen molar-refractivity contribution in [2.75, 3.05) is 31.1 Å². The van der Waals surface area contributed by atoms with Crippen molar-refractivity contribution >= 4 is 11.6 Å². The van der Waals surface area contributed by atoms with Crippen molar-refractivity contribution in [3.8, 4) is 0 Å². The van der Waals surface area contributed by atoms with Crippen LogP contribution in [0, 0.1) is 13.8 Å². The van der Waals surface area contributed by atoms with E-state index in [9.17, 15) is 18.0 Å². The summed E-state index contributed by atoms with van der Waals surface area (Å²) in [6, 6.07) is 14.9. The van der Waals surface area contributed by atoms with Crippen LogP contribution in [-0.2, 0) is 12.7 Å². The predicted molar refractivity (Wildman–Crippen MR) is 117 cm³/mol. The first-order valence-electron chi connectivity index (χ1n) is 10.5. The third-order valence-corrected chi connectivity index (χ3v) is 5.74. The molecule has 2 heterocycles. The van der Waals surface area contributed by atoms with Crippen LogP contribution in [0.25, 0.3) is 0 Å². The van der Waals surface area contributed by atoms with Gasteiger partial charge in [0.1, 0.15) is 0 Å². The van der Waals surface area contributed by atoms with E-state index >= 15 is 0 Å². The molecule has 0 spiro atoms. The number of hydrogen-bond donors (Lipinski definition) is 0. The molecule has 5 nitrogen and oxygen atoms in total. The summed E-state index contributed by atoms with van der Waals surface area (Å²) in [4.78, 5) is 16.5. The average Bonchev–Trinajstić information content (AvgIpc) is 3.10. The Bertz CT molecular complexity index is 1100. The first-order valence-corrected chi connectivity index (χ1v) is 10.5. The molecule has 0 unspecified atom stereocenters. The summed E-state index contributed by atoms with van der Waals surface area (Å²) in [5, 5.41) is 4.46. The number of nitrogens with zero attached hydrogens (tertiary/aromatic N) is 4. The number of aryl methyl sites for hydroxylation is 2. The Hall–Kier alpha value is -3.29. The van der Waals surface area contributed by atoms with Crippen LogP contribution in [0.5, 0.6) is 0 Å². The number of piperazine rings is 1. The zero-order chi connectivity index (χ0) is 22.9. The SMILES string of the molecule is Cc1cc(C)n(Cc2ccc(C(=O)N3CCN(c4cccc(C(F)(F)F)c4)CC3)cc2)n1. The van der Waals surface area contributed by atoms with Crippen LogP contribution in [0.1, 0.15) is 32.9 Å². The molecule has 8 heteroatoms. The Morgan fingerprint density at radius 2 is 1.66 bits per heavy atom. The Balaban J connectivity index is 1.37. The number of alkyl halides is 3. The molecule has 1 aliphatic heterocycles. The van der Waals surface area contributed by atoms with Gasteiger partial charge in [0.25, 0.3) is 5.91 Å². The molecule has 1 aliphatic rings. The molecule has 0 bridgehead atoms. The number of rotatable bonds is 4. The standard InChI is InChI=1S/C24H25F3N4O/c1-17-14-18(2)31(28-17)16-19-6-8-20(9-7-19)23(32)30-12-10-29(11-13-30)22-5-3-4-21(15-22)24(25,26)27/h3-9,14-15H,10-13,16H2,1-2H3. The molecule has 0 saturated carbocycles. The largest absolute Gasteiger partial charge is 0.416 e. The molecule has 0 aliphatic carbocycles. The number of amides is 1. The Morgan fingerprint density at radius 1 is 0.969 bits per heavy atom. The molecular formula is C24H25F3N4O. The van der Waals surface area contributed by atoms with E-state index in [0.29, 0.717) is 44.0 Å². The van der Waals surface area contributed by atoms with Crippen molar-refractivity contribution in [2.24, 2.45) is 0 Å². The van der Waals surface area contributed by atoms with Gasteiger partial charge in [-0.3, -0.25) is 9.48 Å². The van der Waals surface area contributed by atoms with E-state index in [1.165, 1.54) is 12.1 Å². The Morgan fingerprint density at radius 3 is 2.25 bits per heavy atom. The van der Waals surface area contributed by atoms with Crippen LogP contribution in [0.2, 0.25) is 0 Å². The van der Waals surface area contributed by atoms with Crippen molar-refractivity contribution in [2.45, 2.75) is 26.6 Å². The molecule has 168 valence electrons. The highest BCUT2D eigenvalue weighted by molar-refractivity contribution is 5.94. The lowest BCUT2D eigenvalue weighted by atomic mass is 10.1. The number of aromatic nitrogens is 2. The van der Waals surface area contributed by atoms with Crippen molar-refractivity contribution < 1.29 is 18.0 Å². The lowest BCUT2D eigenvalue weighted by Gasteiger charge is -2.36. The van der Waals surface area contributed by atoms with Gasteiger partial charge in [-0.25, -0.2) is 0 Å². The molecule has 0 N–H and O–H groups in total. The molecule has 1 aromatic heterocycles. The minimum atomic E-state index is -4.37. The molecule has 2 aromatic carbocycles. The van der Waals surface area contributed by atoms with E-state index in [1.807, 2.05) is 53.8 Å². The Kier molecular flexibility index (Phi) is 5.95. The molecule has 1 saturated heterocycles. The molecule has 1 fully saturated rings. The highest BCUT2D eigenvalue weighted by Crippen LogP contribution is 2.32. The van der Waals surface area contributed by atoms with Gasteiger partial charge in [-0.2, -0.15) is 18.3 Å². The second-order valence-corrected chi connectivity index (χ2v) is 8.11. The predicted octanol–water partition coefficient (Wildman–Crippen LogP) is 4.53. The minimum absolute atomic E-state index is 0.0636. The first-order chi connectivity index (χ1) is 15.2. The van der Waals surface area contributed by atoms with Crippen LogP contribution in [0.15, 0.2) is 54.6 Å². The van der Waals surface area contributed by atoms with E-state index in [1.54, 1.807) is 11.0 Å². The maximum atomic E-state index is 13.0. The molecule has 3 aromatic rings. The van der Waals surface area contributed by atoms with Gasteiger partial charge in [-0.15, -0.1) is 0 Å². The van der Waals surface area contributed by atoms with Crippen LogP contribution in [-0.4, -0.2) is 46.8 Å². The quantitative estimate of drug-likeness (QED) is 0.596. The summed E-state index contributed by atoms with van der Waals surface area (Å²) in [6.07, 6.45) is -4.37. The average molecular weight is 442 g/mol. The van der Waals surface area contributed by atoms with Gasteiger partial charge < -0.3 is 9.80 Å². The number of anilines is 1. The number of benzene rings is 2. The van der Waals surface area contributed by atoms with Crippen molar-refractivity contribution in [3.63, 3.8) is 0 Å². The third-order valence-electron chi connectivity index (χ3n) is 5.74. The third kappa shape index (κ3) is 4.79. The zero-order valence-corrected chi connectivity index (χ0v) is 18.1. The van der Waals surface area contributed by atoms with Crippen LogP contribution in [0.3, 0.4) is 0 Å². The van der Waals surface area contributed by atoms with E-state index in [-0.39, 0.29) is 5.91 Å². The molecule has 0 atom stereocenters. The van der Waals surface area contributed by atoms with Crippen LogP contribution >= 0.6 is 0 Å². The van der Waals surface area contributed by atoms with Crippen molar-refractivity contribution in [1.82, 2.24) is 14.7 Å². The van der Waals surface area contributed by atoms with Gasteiger partial charge in [0.05, 0.1) is 17.8 Å². The minimum Gasteiger partial charge on any atom is -0.368 e. The van der Waals surface area contributed by atoms with Crippen molar-refractivity contribution in [3.05, 3.63) is 82.7 Å². The summed E-state index contributed by atoms with van der Waals surface area (Å²) in [7, 11) is 0. The molecule has 1 amide bonds. The van der Waals surface area contributed by atoms with E-state index in [4.69, 9.17) is 0 Å². The second-order valence-electron chi connectivity index (χ2n) is 8.11. The normalized spacial score (nSPS) is 14.7. The summed E-state index contributed by atoms with van der Waals surface area (Å²) in [6.45, 7) is 6.51. The number of carbonyl (C=O) groups excluding carboxylic acids is 1. The highest BCUT2D eigenvalue weighted by Gasteiger charge is 2.31. The van der Waals surface area contributed by atoms with E-state index < -0.39 is 11.7 Å². The summed E-state index contributed by atoms with van der Waals surface area (Å²) in [5.74, 6) is -0.0636. The lowest BCUT2D eigenvalue weighted by molar-refractivity contribution is -0.137. The van der Waals surface area contributed by atoms with Gasteiger partial charge >= 0.3 is 6.18 Å².